The first kappa shape index (κ1) is 13.0. The molecule has 0 aliphatic rings. The number of benzene rings is 1. The molecule has 2 rings (SSSR count). The fourth-order valence-electron chi connectivity index (χ4n) is 1.30. The molecule has 17 heavy (non-hydrogen) atoms. The first-order valence-electron chi connectivity index (χ1n) is 5.08. The van der Waals surface area contributed by atoms with Gasteiger partial charge in [0.1, 0.15) is 0 Å². The summed E-state index contributed by atoms with van der Waals surface area (Å²) in [4.78, 5) is 0. The maximum absolute atomic E-state index is 5.65. The lowest BCUT2D eigenvalue weighted by Gasteiger charge is -2.03. The Bertz CT molecular complexity index is 529. The first-order chi connectivity index (χ1) is 8.11. The van der Waals surface area contributed by atoms with E-state index in [1.807, 2.05) is 32.2 Å². The van der Waals surface area contributed by atoms with Crippen molar-refractivity contribution in [2.45, 2.75) is 13.0 Å². The Hall–Kier alpha value is -0.470. The van der Waals surface area contributed by atoms with E-state index in [-0.39, 0.29) is 6.04 Å². The third kappa shape index (κ3) is 2.86. The zero-order valence-corrected chi connectivity index (χ0v) is 13.1. The molecule has 0 amide bonds. The maximum atomic E-state index is 5.65. The highest BCUT2D eigenvalue weighted by Gasteiger charge is 2.15. The van der Waals surface area contributed by atoms with Crippen LogP contribution in [0.2, 0.25) is 0 Å². The predicted molar refractivity (Wildman–Crippen MR) is 77.6 cm³/mol. The fourth-order valence-corrected chi connectivity index (χ4v) is 2.23. The molecule has 1 N–H and O–H groups in total. The molecule has 1 aromatic heterocycles. The van der Waals surface area contributed by atoms with E-state index >= 15 is 0 Å². The SMILES string of the molecule is CNC(C)c1nnc(-c2cc(Br)ccc2I)o1. The van der Waals surface area contributed by atoms with Crippen molar-refractivity contribution >= 4 is 38.5 Å². The molecular formula is C11H11BrIN3O. The van der Waals surface area contributed by atoms with Gasteiger partial charge >= 0.3 is 0 Å². The molecule has 4 nitrogen and oxygen atoms in total. The van der Waals surface area contributed by atoms with Gasteiger partial charge in [-0.25, -0.2) is 0 Å². The van der Waals surface area contributed by atoms with Crippen LogP contribution in [0.25, 0.3) is 11.5 Å². The summed E-state index contributed by atoms with van der Waals surface area (Å²) in [5.74, 6) is 1.14. The lowest BCUT2D eigenvalue weighted by Crippen LogP contribution is -2.12. The standard InChI is InChI=1S/C11H11BrIN3O/c1-6(14-2)10-15-16-11(17-10)8-5-7(12)3-4-9(8)13/h3-6,14H,1-2H3. The van der Waals surface area contributed by atoms with Gasteiger partial charge in [0, 0.05) is 8.04 Å². The van der Waals surface area contributed by atoms with E-state index in [1.54, 1.807) is 0 Å². The number of nitrogens with zero attached hydrogens (tertiary/aromatic N) is 2. The van der Waals surface area contributed by atoms with Crippen LogP contribution in [0.15, 0.2) is 27.1 Å². The lowest BCUT2D eigenvalue weighted by atomic mass is 10.2. The van der Waals surface area contributed by atoms with E-state index in [0.717, 1.165) is 13.6 Å². The molecule has 1 atom stereocenters. The van der Waals surface area contributed by atoms with Crippen LogP contribution in [0, 0.1) is 3.57 Å². The zero-order valence-electron chi connectivity index (χ0n) is 9.37. The van der Waals surface area contributed by atoms with Gasteiger partial charge in [0.05, 0.1) is 11.6 Å². The molecule has 0 bridgehead atoms. The highest BCUT2D eigenvalue weighted by atomic mass is 127. The Morgan fingerprint density at radius 3 is 2.88 bits per heavy atom. The molecule has 90 valence electrons. The summed E-state index contributed by atoms with van der Waals surface area (Å²) in [6.07, 6.45) is 0. The molecule has 0 radical (unpaired) electrons. The largest absolute Gasteiger partial charge is 0.419 e. The fraction of sp³-hybridized carbons (Fsp3) is 0.273. The number of hydrogen-bond donors (Lipinski definition) is 1. The Balaban J connectivity index is 2.40. The second-order valence-electron chi connectivity index (χ2n) is 3.58. The summed E-state index contributed by atoms with van der Waals surface area (Å²) >= 11 is 5.69. The Morgan fingerprint density at radius 1 is 1.41 bits per heavy atom. The maximum Gasteiger partial charge on any atom is 0.248 e. The third-order valence-electron chi connectivity index (χ3n) is 2.40. The summed E-state index contributed by atoms with van der Waals surface area (Å²) in [7, 11) is 1.86. The van der Waals surface area contributed by atoms with Crippen molar-refractivity contribution in [2.75, 3.05) is 7.05 Å². The third-order valence-corrected chi connectivity index (χ3v) is 3.84. The summed E-state index contributed by atoms with van der Waals surface area (Å²) < 4.78 is 7.72. The predicted octanol–water partition coefficient (Wildman–Crippen LogP) is 3.38. The van der Waals surface area contributed by atoms with E-state index in [0.29, 0.717) is 11.8 Å². The number of aromatic nitrogens is 2. The van der Waals surface area contributed by atoms with Crippen LogP contribution in [-0.4, -0.2) is 17.2 Å². The van der Waals surface area contributed by atoms with Crippen molar-refractivity contribution in [2.24, 2.45) is 0 Å². The van der Waals surface area contributed by atoms with Crippen LogP contribution in [-0.2, 0) is 0 Å². The van der Waals surface area contributed by atoms with Gasteiger partial charge < -0.3 is 9.73 Å². The molecule has 0 saturated heterocycles. The minimum atomic E-state index is 0.0565. The van der Waals surface area contributed by atoms with Gasteiger partial charge in [-0.15, -0.1) is 10.2 Å². The van der Waals surface area contributed by atoms with Crippen molar-refractivity contribution in [3.63, 3.8) is 0 Å². The van der Waals surface area contributed by atoms with E-state index < -0.39 is 0 Å². The quantitative estimate of drug-likeness (QED) is 0.792. The van der Waals surface area contributed by atoms with Crippen molar-refractivity contribution in [1.29, 1.82) is 0 Å². The van der Waals surface area contributed by atoms with Crippen LogP contribution in [0.3, 0.4) is 0 Å². The molecule has 0 spiro atoms. The Kier molecular flexibility index (Phi) is 4.16. The average Bonchev–Trinajstić information content (AvgIpc) is 2.80. The van der Waals surface area contributed by atoms with E-state index in [1.165, 1.54) is 0 Å². The highest BCUT2D eigenvalue weighted by Crippen LogP contribution is 2.28. The normalized spacial score (nSPS) is 12.7. The molecule has 0 aliphatic heterocycles. The second kappa shape index (κ2) is 5.45. The summed E-state index contributed by atoms with van der Waals surface area (Å²) in [6, 6.07) is 6.02. The van der Waals surface area contributed by atoms with E-state index in [4.69, 9.17) is 4.42 Å². The first-order valence-corrected chi connectivity index (χ1v) is 6.95. The highest BCUT2D eigenvalue weighted by molar-refractivity contribution is 14.1. The van der Waals surface area contributed by atoms with Gasteiger partial charge in [-0.3, -0.25) is 0 Å². The monoisotopic (exact) mass is 407 g/mol. The van der Waals surface area contributed by atoms with Gasteiger partial charge in [0.15, 0.2) is 0 Å². The zero-order chi connectivity index (χ0) is 12.4. The minimum Gasteiger partial charge on any atom is -0.419 e. The molecule has 2 aromatic rings. The summed E-state index contributed by atoms with van der Waals surface area (Å²) in [5.41, 5.74) is 0.946. The molecule has 0 aliphatic carbocycles. The molecular weight excluding hydrogens is 397 g/mol. The summed E-state index contributed by atoms with van der Waals surface area (Å²) in [5, 5.41) is 11.2. The molecule has 1 unspecified atom stereocenters. The van der Waals surface area contributed by atoms with E-state index in [2.05, 4.69) is 54.0 Å². The molecule has 1 heterocycles. The Morgan fingerprint density at radius 2 is 2.18 bits per heavy atom. The van der Waals surface area contributed by atoms with Crippen molar-refractivity contribution in [3.05, 3.63) is 32.1 Å². The van der Waals surface area contributed by atoms with Crippen LogP contribution in [0.5, 0.6) is 0 Å². The number of nitrogens with one attached hydrogen (secondary N) is 1. The smallest absolute Gasteiger partial charge is 0.248 e. The van der Waals surface area contributed by atoms with Crippen molar-refractivity contribution in [1.82, 2.24) is 15.5 Å². The molecule has 6 heteroatoms. The number of hydrogen-bond acceptors (Lipinski definition) is 4. The topological polar surface area (TPSA) is 51.0 Å². The van der Waals surface area contributed by atoms with Gasteiger partial charge in [-0.05, 0) is 54.8 Å². The van der Waals surface area contributed by atoms with Crippen LogP contribution >= 0.6 is 38.5 Å². The van der Waals surface area contributed by atoms with E-state index in [9.17, 15) is 0 Å². The molecule has 0 saturated carbocycles. The molecule has 0 fully saturated rings. The Labute approximate surface area is 121 Å². The van der Waals surface area contributed by atoms with Crippen LogP contribution < -0.4 is 5.32 Å². The second-order valence-corrected chi connectivity index (χ2v) is 5.66. The molecule has 1 aromatic carbocycles. The van der Waals surface area contributed by atoms with Gasteiger partial charge in [0.25, 0.3) is 0 Å². The minimum absolute atomic E-state index is 0.0565. The average molecular weight is 408 g/mol. The van der Waals surface area contributed by atoms with Crippen molar-refractivity contribution < 1.29 is 4.42 Å². The van der Waals surface area contributed by atoms with Crippen molar-refractivity contribution in [3.8, 4) is 11.5 Å². The number of rotatable bonds is 3. The van der Waals surface area contributed by atoms with Gasteiger partial charge in [-0.2, -0.15) is 0 Å². The summed E-state index contributed by atoms with van der Waals surface area (Å²) in [6.45, 7) is 1.98. The van der Waals surface area contributed by atoms with Gasteiger partial charge in [0.2, 0.25) is 11.8 Å². The number of halogens is 2. The van der Waals surface area contributed by atoms with Gasteiger partial charge in [-0.1, -0.05) is 15.9 Å². The van der Waals surface area contributed by atoms with Crippen LogP contribution in [0.4, 0.5) is 0 Å². The van der Waals surface area contributed by atoms with Crippen LogP contribution in [0.1, 0.15) is 18.9 Å². The lowest BCUT2D eigenvalue weighted by molar-refractivity contribution is 0.441.